The van der Waals surface area contributed by atoms with Crippen LogP contribution < -0.4 is 0 Å². The molecule has 2 aliphatic rings. The van der Waals surface area contributed by atoms with E-state index in [1.807, 2.05) is 0 Å². The van der Waals surface area contributed by atoms with Gasteiger partial charge in [-0.25, -0.2) is 9.21 Å². The van der Waals surface area contributed by atoms with E-state index in [-0.39, 0.29) is 5.91 Å². The van der Waals surface area contributed by atoms with Crippen LogP contribution in [-0.2, 0) is 4.79 Å². The lowest BCUT2D eigenvalue weighted by molar-refractivity contribution is -0.130. The molecule has 1 aliphatic carbocycles. The average Bonchev–Trinajstić information content (AvgIpc) is 2.37. The molecule has 6 heteroatoms. The molecular formula is C8H10Cl2N2O2. The number of nitrogens with zero attached hydrogens (tertiary/aromatic N) is 2. The second-order valence-corrected chi connectivity index (χ2v) is 4.42. The third kappa shape index (κ3) is 1.13. The van der Waals surface area contributed by atoms with Crippen molar-refractivity contribution in [2.24, 2.45) is 0 Å². The largest absolute Gasteiger partial charge is 0.357 e. The summed E-state index contributed by atoms with van der Waals surface area (Å²) >= 11 is 11.4. The second kappa shape index (κ2) is 3.28. The fourth-order valence-electron chi connectivity index (χ4n) is 2.16. The van der Waals surface area contributed by atoms with Crippen molar-refractivity contribution in [2.45, 2.75) is 37.6 Å². The molecule has 14 heavy (non-hydrogen) atoms. The molecule has 3 amide bonds. The first kappa shape index (κ1) is 10.1. The first-order valence-electron chi connectivity index (χ1n) is 4.60. The van der Waals surface area contributed by atoms with Gasteiger partial charge in [0.25, 0.3) is 5.91 Å². The Morgan fingerprint density at radius 3 is 2.07 bits per heavy atom. The lowest BCUT2D eigenvalue weighted by Crippen LogP contribution is -2.46. The highest BCUT2D eigenvalue weighted by Crippen LogP contribution is 2.42. The SMILES string of the molecule is O=C1N(Cl)C(=O)C2(CCCCC2)N1Cl. The number of carbonyl (C=O) groups excluding carboxylic acids is 2. The van der Waals surface area contributed by atoms with Crippen molar-refractivity contribution in [1.82, 2.24) is 8.84 Å². The van der Waals surface area contributed by atoms with Crippen molar-refractivity contribution in [2.75, 3.05) is 0 Å². The molecule has 2 fully saturated rings. The number of imide groups is 1. The summed E-state index contributed by atoms with van der Waals surface area (Å²) in [6, 6.07) is -0.625. The van der Waals surface area contributed by atoms with Crippen molar-refractivity contribution in [3.63, 3.8) is 0 Å². The van der Waals surface area contributed by atoms with Gasteiger partial charge in [-0.15, -0.1) is 0 Å². The topological polar surface area (TPSA) is 40.6 Å². The minimum absolute atomic E-state index is 0.376. The minimum Gasteiger partial charge on any atom is -0.270 e. The molecule has 1 heterocycles. The van der Waals surface area contributed by atoms with E-state index in [1.54, 1.807) is 0 Å². The van der Waals surface area contributed by atoms with Crippen molar-refractivity contribution in [3.8, 4) is 0 Å². The van der Waals surface area contributed by atoms with Gasteiger partial charge >= 0.3 is 6.03 Å². The van der Waals surface area contributed by atoms with E-state index in [0.29, 0.717) is 17.3 Å². The van der Waals surface area contributed by atoms with Gasteiger partial charge in [-0.3, -0.25) is 4.79 Å². The van der Waals surface area contributed by atoms with Crippen molar-refractivity contribution in [3.05, 3.63) is 0 Å². The molecule has 0 unspecified atom stereocenters. The Labute approximate surface area is 92.0 Å². The zero-order valence-electron chi connectivity index (χ0n) is 7.50. The maximum atomic E-state index is 11.8. The molecule has 0 aromatic rings. The van der Waals surface area contributed by atoms with E-state index in [9.17, 15) is 9.59 Å². The second-order valence-electron chi connectivity index (χ2n) is 3.74. The van der Waals surface area contributed by atoms with Gasteiger partial charge in [-0.1, -0.05) is 19.3 Å². The van der Waals surface area contributed by atoms with Gasteiger partial charge in [0.2, 0.25) is 0 Å². The summed E-state index contributed by atoms with van der Waals surface area (Å²) in [6.07, 6.45) is 4.13. The van der Waals surface area contributed by atoms with Crippen molar-refractivity contribution in [1.29, 1.82) is 0 Å². The number of amides is 3. The average molecular weight is 237 g/mol. The number of urea groups is 1. The van der Waals surface area contributed by atoms with Crippen LogP contribution in [0.25, 0.3) is 0 Å². The lowest BCUT2D eigenvalue weighted by atomic mass is 9.82. The van der Waals surface area contributed by atoms with Crippen LogP contribution >= 0.6 is 23.6 Å². The van der Waals surface area contributed by atoms with Crippen LogP contribution in [0.4, 0.5) is 4.79 Å². The van der Waals surface area contributed by atoms with Crippen LogP contribution in [0.5, 0.6) is 0 Å². The molecule has 1 saturated carbocycles. The first-order chi connectivity index (χ1) is 6.59. The van der Waals surface area contributed by atoms with Crippen LogP contribution in [0, 0.1) is 0 Å². The Hall–Kier alpha value is -0.480. The summed E-state index contributed by atoms with van der Waals surface area (Å²) in [7, 11) is 0. The van der Waals surface area contributed by atoms with Crippen molar-refractivity contribution < 1.29 is 9.59 Å². The van der Waals surface area contributed by atoms with Gasteiger partial charge in [0.05, 0.1) is 0 Å². The van der Waals surface area contributed by atoms with E-state index in [2.05, 4.69) is 0 Å². The normalized spacial score (nSPS) is 26.4. The Balaban J connectivity index is 2.33. The Kier molecular flexibility index (Phi) is 2.35. The van der Waals surface area contributed by atoms with Gasteiger partial charge in [0.1, 0.15) is 5.54 Å². The monoisotopic (exact) mass is 236 g/mol. The quantitative estimate of drug-likeness (QED) is 0.479. The molecule has 0 radical (unpaired) electrons. The number of rotatable bonds is 0. The summed E-state index contributed by atoms with van der Waals surface area (Å²) in [5.41, 5.74) is -0.862. The molecule has 2 rings (SSSR count). The third-order valence-electron chi connectivity index (χ3n) is 2.97. The molecule has 0 atom stereocenters. The summed E-state index contributed by atoms with van der Waals surface area (Å²) in [4.78, 5) is 23.1. The maximum Gasteiger partial charge on any atom is 0.357 e. The van der Waals surface area contributed by atoms with E-state index < -0.39 is 11.6 Å². The van der Waals surface area contributed by atoms with E-state index in [4.69, 9.17) is 23.6 Å². The number of halogens is 2. The molecule has 1 aliphatic heterocycles. The number of hydrogen-bond acceptors (Lipinski definition) is 2. The van der Waals surface area contributed by atoms with E-state index in [1.165, 1.54) is 0 Å². The summed E-state index contributed by atoms with van der Waals surface area (Å²) < 4.78 is 1.57. The van der Waals surface area contributed by atoms with Crippen LogP contribution in [0.1, 0.15) is 32.1 Å². The highest BCUT2D eigenvalue weighted by Gasteiger charge is 2.57. The standard InChI is InChI=1S/C8H10Cl2N2O2/c9-11-6(13)8(12(10)7(11)14)4-2-1-3-5-8/h1-5H2. The number of carbonyl (C=O) groups is 2. The zero-order valence-corrected chi connectivity index (χ0v) is 9.01. The smallest absolute Gasteiger partial charge is 0.270 e. The lowest BCUT2D eigenvalue weighted by Gasteiger charge is -2.33. The van der Waals surface area contributed by atoms with Gasteiger partial charge < -0.3 is 0 Å². The molecule has 0 aromatic heterocycles. The van der Waals surface area contributed by atoms with Crippen LogP contribution in [0.2, 0.25) is 0 Å². The van der Waals surface area contributed by atoms with Gasteiger partial charge in [-0.05, 0) is 12.8 Å². The molecule has 1 saturated heterocycles. The molecule has 1 spiro atoms. The predicted molar refractivity (Wildman–Crippen MR) is 51.6 cm³/mol. The predicted octanol–water partition coefficient (Wildman–Crippen LogP) is 2.26. The van der Waals surface area contributed by atoms with Crippen LogP contribution in [0.3, 0.4) is 0 Å². The summed E-state index contributed by atoms with van der Waals surface area (Å²) in [5.74, 6) is -0.376. The van der Waals surface area contributed by atoms with Gasteiger partial charge in [0, 0.05) is 23.6 Å². The Morgan fingerprint density at radius 1 is 1.07 bits per heavy atom. The highest BCUT2D eigenvalue weighted by molar-refractivity contribution is 6.39. The molecule has 0 N–H and O–H groups in total. The minimum atomic E-state index is -0.862. The number of hydrogen-bond donors (Lipinski definition) is 0. The summed E-state index contributed by atoms with van der Waals surface area (Å²) in [6.45, 7) is 0. The maximum absolute atomic E-state index is 11.8. The molecule has 4 nitrogen and oxygen atoms in total. The molecular weight excluding hydrogens is 227 g/mol. The fraction of sp³-hybridized carbons (Fsp3) is 0.750. The molecule has 78 valence electrons. The Bertz CT molecular complexity index is 289. The van der Waals surface area contributed by atoms with Gasteiger partial charge in [-0.2, -0.15) is 4.42 Å². The first-order valence-corrected chi connectivity index (χ1v) is 5.27. The van der Waals surface area contributed by atoms with Crippen LogP contribution in [0.15, 0.2) is 0 Å². The molecule has 0 aromatic carbocycles. The van der Waals surface area contributed by atoms with Crippen LogP contribution in [-0.4, -0.2) is 26.3 Å². The highest BCUT2D eigenvalue weighted by atomic mass is 35.5. The Morgan fingerprint density at radius 2 is 1.64 bits per heavy atom. The van der Waals surface area contributed by atoms with E-state index in [0.717, 1.165) is 23.7 Å². The van der Waals surface area contributed by atoms with Crippen molar-refractivity contribution >= 4 is 35.5 Å². The molecule has 0 bridgehead atoms. The van der Waals surface area contributed by atoms with Gasteiger partial charge in [0.15, 0.2) is 0 Å². The van der Waals surface area contributed by atoms with E-state index >= 15 is 0 Å². The fourth-order valence-corrected chi connectivity index (χ4v) is 2.75. The summed E-state index contributed by atoms with van der Waals surface area (Å²) in [5, 5.41) is 0. The zero-order chi connectivity index (χ0) is 10.3. The third-order valence-corrected chi connectivity index (χ3v) is 3.74.